The lowest BCUT2D eigenvalue weighted by Crippen LogP contribution is -2.29. The molecule has 0 saturated heterocycles. The minimum Gasteiger partial charge on any atom is -0.494 e. The summed E-state index contributed by atoms with van der Waals surface area (Å²) in [5.74, 6) is 1.36. The molecule has 0 atom stereocenters. The summed E-state index contributed by atoms with van der Waals surface area (Å²) < 4.78 is 32.3. The molecular formula is C15H20N6O3S. The van der Waals surface area contributed by atoms with Crippen LogP contribution >= 0.6 is 0 Å². The number of rotatable bonds is 8. The van der Waals surface area contributed by atoms with Crippen LogP contribution in [-0.4, -0.2) is 46.1 Å². The van der Waals surface area contributed by atoms with Gasteiger partial charge in [0.15, 0.2) is 0 Å². The van der Waals surface area contributed by atoms with Crippen LogP contribution in [-0.2, 0) is 17.3 Å². The number of aromatic nitrogens is 4. The predicted molar refractivity (Wildman–Crippen MR) is 91.5 cm³/mol. The Hall–Kier alpha value is -2.62. The largest absolute Gasteiger partial charge is 0.494 e. The first-order valence-corrected chi connectivity index (χ1v) is 9.42. The fourth-order valence-corrected chi connectivity index (χ4v) is 3.34. The second-order valence-electron chi connectivity index (χ2n) is 5.59. The number of nitrogens with zero attached hydrogens (tertiary/aromatic N) is 5. The summed E-state index contributed by atoms with van der Waals surface area (Å²) in [6.07, 6.45) is 5.50. The van der Waals surface area contributed by atoms with Crippen molar-refractivity contribution in [2.75, 3.05) is 13.2 Å². The van der Waals surface area contributed by atoms with Gasteiger partial charge in [-0.15, -0.1) is 10.2 Å². The molecule has 3 rings (SSSR count). The monoisotopic (exact) mass is 364 g/mol. The third-order valence-corrected chi connectivity index (χ3v) is 5.03. The van der Waals surface area contributed by atoms with E-state index in [-0.39, 0.29) is 0 Å². The molecule has 0 amide bonds. The Kier molecular flexibility index (Phi) is 5.17. The SMILES string of the molecule is Cn1nnc(-c2ccc(OCCCCCN3C=CNS3(=O)=O)cc2)n1. The van der Waals surface area contributed by atoms with E-state index in [1.54, 1.807) is 13.2 Å². The van der Waals surface area contributed by atoms with Crippen LogP contribution in [0.5, 0.6) is 5.75 Å². The molecule has 0 radical (unpaired) electrons. The molecule has 0 saturated carbocycles. The van der Waals surface area contributed by atoms with Crippen LogP contribution in [0.25, 0.3) is 11.4 Å². The van der Waals surface area contributed by atoms with Gasteiger partial charge in [-0.05, 0) is 48.7 Å². The van der Waals surface area contributed by atoms with Gasteiger partial charge < -0.3 is 4.74 Å². The lowest BCUT2D eigenvalue weighted by atomic mass is 10.2. The normalized spacial score (nSPS) is 15.3. The molecule has 1 aromatic carbocycles. The molecule has 0 bridgehead atoms. The van der Waals surface area contributed by atoms with Gasteiger partial charge in [0, 0.05) is 24.5 Å². The quantitative estimate of drug-likeness (QED) is 0.703. The molecule has 25 heavy (non-hydrogen) atoms. The van der Waals surface area contributed by atoms with Crippen molar-refractivity contribution in [1.82, 2.24) is 29.2 Å². The van der Waals surface area contributed by atoms with Crippen molar-refractivity contribution in [3.63, 3.8) is 0 Å². The molecule has 0 spiro atoms. The molecule has 1 aliphatic heterocycles. The van der Waals surface area contributed by atoms with Crippen LogP contribution in [0.4, 0.5) is 0 Å². The minimum atomic E-state index is -3.32. The zero-order valence-electron chi connectivity index (χ0n) is 13.9. The summed E-state index contributed by atoms with van der Waals surface area (Å²) in [7, 11) is -1.60. The fourth-order valence-electron chi connectivity index (χ4n) is 2.38. The van der Waals surface area contributed by atoms with E-state index in [1.807, 2.05) is 24.3 Å². The van der Waals surface area contributed by atoms with Crippen molar-refractivity contribution in [2.45, 2.75) is 19.3 Å². The van der Waals surface area contributed by atoms with Crippen LogP contribution in [0, 0.1) is 0 Å². The third-order valence-electron chi connectivity index (χ3n) is 3.68. The molecule has 1 aromatic heterocycles. The number of ether oxygens (including phenoxy) is 1. The molecule has 10 heteroatoms. The minimum absolute atomic E-state index is 0.478. The summed E-state index contributed by atoms with van der Waals surface area (Å²) >= 11 is 0. The molecule has 2 aromatic rings. The van der Waals surface area contributed by atoms with E-state index < -0.39 is 10.2 Å². The summed E-state index contributed by atoms with van der Waals surface area (Å²) in [6.45, 7) is 1.06. The maximum absolute atomic E-state index is 11.5. The van der Waals surface area contributed by atoms with Crippen LogP contribution in [0.3, 0.4) is 0 Å². The summed E-state index contributed by atoms with van der Waals surface area (Å²) in [5, 5.41) is 11.9. The number of unbranched alkanes of at least 4 members (excludes halogenated alkanes) is 2. The molecule has 134 valence electrons. The molecule has 0 fully saturated rings. The van der Waals surface area contributed by atoms with Crippen molar-refractivity contribution < 1.29 is 13.2 Å². The number of aryl methyl sites for hydroxylation is 1. The Morgan fingerprint density at radius 1 is 1.16 bits per heavy atom. The maximum atomic E-state index is 11.5. The van der Waals surface area contributed by atoms with Gasteiger partial charge in [0.05, 0.1) is 13.7 Å². The van der Waals surface area contributed by atoms with E-state index in [9.17, 15) is 8.42 Å². The zero-order chi connectivity index (χ0) is 17.7. The Bertz CT molecular complexity index is 831. The molecule has 0 unspecified atom stereocenters. The Labute approximate surface area is 146 Å². The zero-order valence-corrected chi connectivity index (χ0v) is 14.7. The van der Waals surface area contributed by atoms with Gasteiger partial charge in [-0.25, -0.2) is 0 Å². The number of benzene rings is 1. The summed E-state index contributed by atoms with van der Waals surface area (Å²) in [5.41, 5.74) is 0.883. The Balaban J connectivity index is 1.36. The van der Waals surface area contributed by atoms with Crippen LogP contribution in [0.2, 0.25) is 0 Å². The van der Waals surface area contributed by atoms with Crippen molar-refractivity contribution >= 4 is 10.2 Å². The van der Waals surface area contributed by atoms with Crippen LogP contribution in [0.15, 0.2) is 36.7 Å². The van der Waals surface area contributed by atoms with E-state index in [0.717, 1.165) is 30.6 Å². The highest BCUT2D eigenvalue weighted by molar-refractivity contribution is 7.87. The standard InChI is InChI=1S/C15H20N6O3S/c1-20-18-15(17-19-20)13-5-7-14(8-6-13)24-12-4-2-3-10-21-11-9-16-25(21,22)23/h5-9,11,16H,2-4,10,12H2,1H3. The predicted octanol–water partition coefficient (Wildman–Crippen LogP) is 1.05. The topological polar surface area (TPSA) is 102 Å². The number of hydrogen-bond acceptors (Lipinski definition) is 6. The van der Waals surface area contributed by atoms with Gasteiger partial charge >= 0.3 is 10.2 Å². The molecular weight excluding hydrogens is 344 g/mol. The Morgan fingerprint density at radius 3 is 2.60 bits per heavy atom. The summed E-state index contributed by atoms with van der Waals surface area (Å²) in [4.78, 5) is 1.42. The average molecular weight is 364 g/mol. The van der Waals surface area contributed by atoms with E-state index in [2.05, 4.69) is 20.1 Å². The molecule has 1 N–H and O–H groups in total. The van der Waals surface area contributed by atoms with Gasteiger partial charge in [-0.3, -0.25) is 9.03 Å². The molecule has 9 nitrogen and oxygen atoms in total. The lowest BCUT2D eigenvalue weighted by molar-refractivity contribution is 0.303. The highest BCUT2D eigenvalue weighted by Gasteiger charge is 2.20. The molecule has 1 aliphatic rings. The Morgan fingerprint density at radius 2 is 1.96 bits per heavy atom. The number of nitrogens with one attached hydrogen (secondary N) is 1. The highest BCUT2D eigenvalue weighted by atomic mass is 32.2. The van der Waals surface area contributed by atoms with Gasteiger partial charge in [0.25, 0.3) is 0 Å². The second-order valence-corrected chi connectivity index (χ2v) is 7.24. The van der Waals surface area contributed by atoms with Gasteiger partial charge in [0.1, 0.15) is 5.75 Å². The fraction of sp³-hybridized carbons (Fsp3) is 0.400. The van der Waals surface area contributed by atoms with Crippen LogP contribution in [0.1, 0.15) is 19.3 Å². The molecule has 0 aliphatic carbocycles. The highest BCUT2D eigenvalue weighted by Crippen LogP contribution is 2.19. The first kappa shape index (κ1) is 17.2. The van der Waals surface area contributed by atoms with Crippen molar-refractivity contribution in [1.29, 1.82) is 0 Å². The van der Waals surface area contributed by atoms with Gasteiger partial charge in [-0.1, -0.05) is 0 Å². The van der Waals surface area contributed by atoms with E-state index >= 15 is 0 Å². The molecule has 2 heterocycles. The lowest BCUT2D eigenvalue weighted by Gasteiger charge is -2.14. The average Bonchev–Trinajstić information content (AvgIpc) is 3.17. The third kappa shape index (κ3) is 4.47. The van der Waals surface area contributed by atoms with E-state index in [4.69, 9.17) is 4.74 Å². The smallest absolute Gasteiger partial charge is 0.323 e. The van der Waals surface area contributed by atoms with Crippen LogP contribution < -0.4 is 9.46 Å². The van der Waals surface area contributed by atoms with E-state index in [1.165, 1.54) is 15.3 Å². The first-order chi connectivity index (χ1) is 12.0. The summed E-state index contributed by atoms with van der Waals surface area (Å²) in [6, 6.07) is 7.53. The maximum Gasteiger partial charge on any atom is 0.323 e. The van der Waals surface area contributed by atoms with Crippen molar-refractivity contribution in [2.24, 2.45) is 7.05 Å². The van der Waals surface area contributed by atoms with Gasteiger partial charge in [0.2, 0.25) is 5.82 Å². The van der Waals surface area contributed by atoms with E-state index in [0.29, 0.717) is 19.0 Å². The number of hydrogen-bond donors (Lipinski definition) is 1. The van der Waals surface area contributed by atoms with Crippen molar-refractivity contribution in [3.8, 4) is 17.1 Å². The van der Waals surface area contributed by atoms with Gasteiger partial charge in [-0.2, -0.15) is 13.2 Å². The van der Waals surface area contributed by atoms with Crippen molar-refractivity contribution in [3.05, 3.63) is 36.7 Å². The first-order valence-electron chi connectivity index (χ1n) is 7.98. The second kappa shape index (κ2) is 7.51. The number of tetrazole rings is 1.